The van der Waals surface area contributed by atoms with Gasteiger partial charge in [0.1, 0.15) is 0 Å². The van der Waals surface area contributed by atoms with Crippen molar-refractivity contribution in [3.63, 3.8) is 0 Å². The number of benzene rings is 1. The molecule has 2 unspecified atom stereocenters. The third-order valence-electron chi connectivity index (χ3n) is 5.41. The van der Waals surface area contributed by atoms with Crippen LogP contribution in [0, 0.1) is 17.8 Å². The second-order valence-corrected chi connectivity index (χ2v) is 6.99. The highest BCUT2D eigenvalue weighted by molar-refractivity contribution is 6.30. The summed E-state index contributed by atoms with van der Waals surface area (Å²) in [5, 5.41) is 0.823. The Morgan fingerprint density at radius 2 is 1.55 bits per heavy atom. The van der Waals surface area contributed by atoms with Crippen molar-refractivity contribution in [2.45, 2.75) is 51.7 Å². The van der Waals surface area contributed by atoms with Crippen LogP contribution in [0.25, 0.3) is 0 Å². The molecule has 0 N–H and O–H groups in total. The van der Waals surface area contributed by atoms with Gasteiger partial charge in [-0.1, -0.05) is 37.6 Å². The summed E-state index contributed by atoms with van der Waals surface area (Å²) < 4.78 is 12.1. The highest BCUT2D eigenvalue weighted by atomic mass is 35.5. The lowest BCUT2D eigenvalue weighted by atomic mass is 9.74. The monoisotopic (exact) mass is 322 g/mol. The van der Waals surface area contributed by atoms with Crippen molar-refractivity contribution in [1.82, 2.24) is 0 Å². The van der Waals surface area contributed by atoms with Gasteiger partial charge in [0.25, 0.3) is 0 Å². The average molecular weight is 323 g/mol. The minimum absolute atomic E-state index is 0.198. The van der Waals surface area contributed by atoms with Crippen molar-refractivity contribution in [1.29, 1.82) is 0 Å². The van der Waals surface area contributed by atoms with Gasteiger partial charge in [-0.2, -0.15) is 0 Å². The maximum absolute atomic E-state index is 6.04. The quantitative estimate of drug-likeness (QED) is 0.755. The fourth-order valence-electron chi connectivity index (χ4n) is 4.64. The number of hydrogen-bond donors (Lipinski definition) is 0. The van der Waals surface area contributed by atoms with Crippen LogP contribution in [0.1, 0.15) is 45.1 Å². The summed E-state index contributed by atoms with van der Waals surface area (Å²) >= 11 is 5.96. The van der Waals surface area contributed by atoms with E-state index in [1.165, 1.54) is 37.7 Å². The lowest BCUT2D eigenvalue weighted by Crippen LogP contribution is -2.46. The van der Waals surface area contributed by atoms with Crippen molar-refractivity contribution >= 4 is 11.6 Å². The largest absolute Gasteiger partial charge is 0.347 e. The molecule has 2 aliphatic carbocycles. The molecular formula is C19H27ClO2. The van der Waals surface area contributed by atoms with Crippen LogP contribution in [0.5, 0.6) is 0 Å². The van der Waals surface area contributed by atoms with E-state index in [0.717, 1.165) is 24.2 Å². The van der Waals surface area contributed by atoms with Crippen LogP contribution in [0.2, 0.25) is 5.02 Å². The summed E-state index contributed by atoms with van der Waals surface area (Å²) in [5.74, 6) is 1.80. The Kier molecular flexibility index (Phi) is 5.11. The molecule has 2 atom stereocenters. The van der Waals surface area contributed by atoms with Gasteiger partial charge in [0.2, 0.25) is 0 Å². The summed E-state index contributed by atoms with van der Waals surface area (Å²) in [4.78, 5) is 0. The first-order valence-electron chi connectivity index (χ1n) is 8.78. The Balaban J connectivity index is 0.000000693. The summed E-state index contributed by atoms with van der Waals surface area (Å²) in [7, 11) is 0. The predicted molar refractivity (Wildman–Crippen MR) is 90.1 cm³/mol. The number of rotatable bonds is 2. The normalized spacial score (nSPS) is 31.9. The van der Waals surface area contributed by atoms with Crippen LogP contribution in [0.4, 0.5) is 0 Å². The van der Waals surface area contributed by atoms with Crippen molar-refractivity contribution in [3.05, 3.63) is 34.9 Å². The molecule has 1 heterocycles. The first-order chi connectivity index (χ1) is 10.8. The Labute approximate surface area is 139 Å². The van der Waals surface area contributed by atoms with E-state index in [2.05, 4.69) is 12.1 Å². The highest BCUT2D eigenvalue weighted by Gasteiger charge is 2.57. The molecule has 3 fully saturated rings. The van der Waals surface area contributed by atoms with E-state index in [0.29, 0.717) is 11.8 Å². The Bertz CT molecular complexity index is 463. The summed E-state index contributed by atoms with van der Waals surface area (Å²) in [6.45, 7) is 5.57. The molecule has 1 spiro atoms. The molecule has 2 saturated carbocycles. The molecular weight excluding hydrogens is 296 g/mol. The van der Waals surface area contributed by atoms with Gasteiger partial charge in [0, 0.05) is 16.9 Å². The van der Waals surface area contributed by atoms with Crippen LogP contribution >= 0.6 is 11.6 Å². The standard InChI is InChI=1S/C17H21ClO2.C2H6/c18-16-5-1-12(2-6-16)9-13-10-14-3-4-15(11-13)17(14)19-7-8-20-17;1-2/h1-2,5-6,13-15H,3-4,7-11H2;1-2H3. The number of hydrogen-bond acceptors (Lipinski definition) is 2. The van der Waals surface area contributed by atoms with Gasteiger partial charge in [-0.25, -0.2) is 0 Å². The smallest absolute Gasteiger partial charge is 0.174 e. The third-order valence-corrected chi connectivity index (χ3v) is 5.67. The van der Waals surface area contributed by atoms with Gasteiger partial charge < -0.3 is 9.47 Å². The maximum atomic E-state index is 6.04. The first-order valence-corrected chi connectivity index (χ1v) is 9.16. The molecule has 1 aliphatic heterocycles. The van der Waals surface area contributed by atoms with Crippen LogP contribution in [0.3, 0.4) is 0 Å². The van der Waals surface area contributed by atoms with Crippen molar-refractivity contribution < 1.29 is 9.47 Å². The zero-order valence-electron chi connectivity index (χ0n) is 13.7. The summed E-state index contributed by atoms with van der Waals surface area (Å²) in [6, 6.07) is 8.33. The molecule has 0 radical (unpaired) electrons. The molecule has 1 aromatic rings. The molecule has 0 aromatic heterocycles. The SMILES string of the molecule is CC.Clc1ccc(CC2CC3CCC(C2)C32OCCO2)cc1. The van der Waals surface area contributed by atoms with E-state index in [1.807, 2.05) is 26.0 Å². The van der Waals surface area contributed by atoms with Crippen molar-refractivity contribution in [2.24, 2.45) is 17.8 Å². The zero-order valence-corrected chi connectivity index (χ0v) is 14.4. The molecule has 3 aliphatic rings. The molecule has 2 nitrogen and oxygen atoms in total. The van der Waals surface area contributed by atoms with Crippen LogP contribution in [-0.2, 0) is 15.9 Å². The van der Waals surface area contributed by atoms with E-state index in [4.69, 9.17) is 21.1 Å². The van der Waals surface area contributed by atoms with Gasteiger partial charge in [-0.3, -0.25) is 0 Å². The van der Waals surface area contributed by atoms with Gasteiger partial charge in [-0.05, 0) is 55.7 Å². The maximum Gasteiger partial charge on any atom is 0.174 e. The van der Waals surface area contributed by atoms with Crippen LogP contribution in [0.15, 0.2) is 24.3 Å². The van der Waals surface area contributed by atoms with Gasteiger partial charge in [0.05, 0.1) is 13.2 Å². The minimum Gasteiger partial charge on any atom is -0.347 e. The fourth-order valence-corrected chi connectivity index (χ4v) is 4.77. The second-order valence-electron chi connectivity index (χ2n) is 6.56. The Hall–Kier alpha value is -0.570. The van der Waals surface area contributed by atoms with Gasteiger partial charge in [0.15, 0.2) is 5.79 Å². The van der Waals surface area contributed by atoms with Crippen LogP contribution < -0.4 is 0 Å². The second kappa shape index (κ2) is 6.90. The van der Waals surface area contributed by atoms with Crippen molar-refractivity contribution in [3.8, 4) is 0 Å². The third kappa shape index (κ3) is 2.93. The molecule has 3 heteroatoms. The average Bonchev–Trinajstić information content (AvgIpc) is 3.08. The Morgan fingerprint density at radius 1 is 1.00 bits per heavy atom. The molecule has 22 heavy (non-hydrogen) atoms. The topological polar surface area (TPSA) is 18.5 Å². The minimum atomic E-state index is -0.198. The van der Waals surface area contributed by atoms with E-state index in [9.17, 15) is 0 Å². The molecule has 0 amide bonds. The first kappa shape index (κ1) is 16.3. The van der Waals surface area contributed by atoms with E-state index < -0.39 is 0 Å². The lowest BCUT2D eigenvalue weighted by molar-refractivity contribution is -0.228. The number of ether oxygens (including phenoxy) is 2. The number of halogens is 1. The molecule has 122 valence electrons. The molecule has 2 bridgehead atoms. The van der Waals surface area contributed by atoms with E-state index in [1.54, 1.807) is 0 Å². The van der Waals surface area contributed by atoms with E-state index >= 15 is 0 Å². The molecule has 1 saturated heterocycles. The molecule has 1 aromatic carbocycles. The lowest BCUT2D eigenvalue weighted by Gasteiger charge is -2.42. The Morgan fingerprint density at radius 3 is 2.09 bits per heavy atom. The highest BCUT2D eigenvalue weighted by Crippen LogP contribution is 2.55. The van der Waals surface area contributed by atoms with E-state index in [-0.39, 0.29) is 5.79 Å². The van der Waals surface area contributed by atoms with Gasteiger partial charge >= 0.3 is 0 Å². The van der Waals surface area contributed by atoms with Gasteiger partial charge in [-0.15, -0.1) is 0 Å². The summed E-state index contributed by atoms with van der Waals surface area (Å²) in [5.41, 5.74) is 1.41. The fraction of sp³-hybridized carbons (Fsp3) is 0.684. The summed E-state index contributed by atoms with van der Waals surface area (Å²) in [6.07, 6.45) is 6.22. The van der Waals surface area contributed by atoms with Crippen molar-refractivity contribution in [2.75, 3.05) is 13.2 Å². The van der Waals surface area contributed by atoms with Crippen LogP contribution in [-0.4, -0.2) is 19.0 Å². The zero-order chi connectivity index (χ0) is 15.6. The molecule has 4 rings (SSSR count). The predicted octanol–water partition coefficient (Wildman–Crippen LogP) is 5.09.